The second-order valence-corrected chi connectivity index (χ2v) is 10.8. The summed E-state index contributed by atoms with van der Waals surface area (Å²) in [6.07, 6.45) is -1.17. The number of piperidine rings is 1. The smallest absolute Gasteiger partial charge is 0.370 e. The molecule has 1 amide bonds. The minimum atomic E-state index is -4.54. The molecule has 2 saturated heterocycles. The summed E-state index contributed by atoms with van der Waals surface area (Å²) in [5.41, 5.74) is 1.34. The van der Waals surface area contributed by atoms with Crippen LogP contribution in [0.2, 0.25) is 0 Å². The molecule has 3 aromatic rings. The van der Waals surface area contributed by atoms with Gasteiger partial charge in [-0.2, -0.15) is 23.7 Å². The third-order valence-electron chi connectivity index (χ3n) is 8.38. The Bertz CT molecular complexity index is 1520. The van der Waals surface area contributed by atoms with Gasteiger partial charge in [0.2, 0.25) is 5.91 Å². The number of benzene rings is 1. The van der Waals surface area contributed by atoms with Crippen LogP contribution in [-0.2, 0) is 23.4 Å². The van der Waals surface area contributed by atoms with Crippen LogP contribution in [0.4, 0.5) is 18.9 Å². The Balaban J connectivity index is 1.44. The molecular formula is C30H30F3N7O. The highest BCUT2D eigenvalue weighted by molar-refractivity contribution is 5.89. The third-order valence-corrected chi connectivity index (χ3v) is 8.38. The molecule has 0 aliphatic carbocycles. The lowest BCUT2D eigenvalue weighted by molar-refractivity contribution is -0.137. The molecule has 0 saturated carbocycles. The van der Waals surface area contributed by atoms with E-state index in [-0.39, 0.29) is 17.5 Å². The molecule has 2 aliphatic rings. The first-order chi connectivity index (χ1) is 19.6. The SMILES string of the molecule is CN1CC[C@@H](NC(=O)C2(c3ccc(-c4ccc(C#N)n4C)nc3)CCN(c3ccc(C(F)(F)F)cc3C#N)CC2)C1. The molecule has 2 aliphatic heterocycles. The van der Waals surface area contributed by atoms with E-state index < -0.39 is 17.2 Å². The first-order valence-electron chi connectivity index (χ1n) is 13.4. The molecule has 4 heterocycles. The van der Waals surface area contributed by atoms with Crippen LogP contribution in [0, 0.1) is 22.7 Å². The maximum Gasteiger partial charge on any atom is 0.416 e. The monoisotopic (exact) mass is 561 g/mol. The lowest BCUT2D eigenvalue weighted by Crippen LogP contribution is -2.54. The van der Waals surface area contributed by atoms with E-state index in [1.165, 1.54) is 6.07 Å². The van der Waals surface area contributed by atoms with E-state index in [4.69, 9.17) is 0 Å². The molecule has 8 nitrogen and oxygen atoms in total. The fraction of sp³-hybridized carbons (Fsp3) is 0.400. The van der Waals surface area contributed by atoms with E-state index in [0.717, 1.165) is 42.9 Å². The van der Waals surface area contributed by atoms with Crippen molar-refractivity contribution in [3.8, 4) is 23.5 Å². The summed E-state index contributed by atoms with van der Waals surface area (Å²) in [4.78, 5) is 22.7. The van der Waals surface area contributed by atoms with Gasteiger partial charge in [0.15, 0.2) is 0 Å². The Hall–Kier alpha value is -4.35. The molecule has 5 rings (SSSR count). The number of nitrogens with one attached hydrogen (secondary N) is 1. The number of carbonyl (C=O) groups is 1. The van der Waals surface area contributed by atoms with E-state index in [1.54, 1.807) is 23.9 Å². The highest BCUT2D eigenvalue weighted by Crippen LogP contribution is 2.40. The van der Waals surface area contributed by atoms with Crippen molar-refractivity contribution < 1.29 is 18.0 Å². The number of hydrogen-bond donors (Lipinski definition) is 1. The molecule has 212 valence electrons. The average Bonchev–Trinajstić information content (AvgIpc) is 3.56. The van der Waals surface area contributed by atoms with Gasteiger partial charge in [-0.15, -0.1) is 0 Å². The number of halogens is 3. The number of nitrogens with zero attached hydrogens (tertiary/aromatic N) is 6. The summed E-state index contributed by atoms with van der Waals surface area (Å²) in [5.74, 6) is -0.0921. The molecule has 1 N–H and O–H groups in total. The van der Waals surface area contributed by atoms with Crippen LogP contribution in [-0.4, -0.2) is 59.6 Å². The van der Waals surface area contributed by atoms with Gasteiger partial charge in [-0.3, -0.25) is 9.78 Å². The third kappa shape index (κ3) is 5.38. The summed E-state index contributed by atoms with van der Waals surface area (Å²) in [6, 6.07) is 14.6. The zero-order valence-corrected chi connectivity index (χ0v) is 22.9. The van der Waals surface area contributed by atoms with E-state index in [1.807, 2.05) is 36.2 Å². The lowest BCUT2D eigenvalue weighted by Gasteiger charge is -2.42. The van der Waals surface area contributed by atoms with Crippen molar-refractivity contribution in [2.24, 2.45) is 7.05 Å². The standard InChI is InChI=1S/C30H30F3N7O/c1-38-12-9-23(19-38)37-28(41)29(22-3-6-25(36-18-22)27-8-5-24(17-35)39(27)2)10-13-40(14-11-29)26-7-4-21(30(31,32)33)15-20(26)16-34/h3-8,15,18,23H,9-14,19H2,1-2H3,(H,37,41)/t23-/m1/s1. The second kappa shape index (κ2) is 10.9. The topological polar surface area (TPSA) is 101 Å². The number of likely N-dealkylation sites (tertiary alicyclic amines) is 1. The molecule has 0 radical (unpaired) electrons. The van der Waals surface area contributed by atoms with Crippen LogP contribution < -0.4 is 10.2 Å². The average molecular weight is 562 g/mol. The fourth-order valence-electron chi connectivity index (χ4n) is 5.94. The Morgan fingerprint density at radius 2 is 1.80 bits per heavy atom. The lowest BCUT2D eigenvalue weighted by atomic mass is 9.72. The summed E-state index contributed by atoms with van der Waals surface area (Å²) in [5, 5.41) is 22.1. The number of hydrogen-bond acceptors (Lipinski definition) is 6. The summed E-state index contributed by atoms with van der Waals surface area (Å²) >= 11 is 0. The van der Waals surface area contributed by atoms with Crippen LogP contribution in [0.1, 0.15) is 41.6 Å². The van der Waals surface area contributed by atoms with Crippen molar-refractivity contribution in [3.63, 3.8) is 0 Å². The molecular weight excluding hydrogens is 531 g/mol. The summed E-state index contributed by atoms with van der Waals surface area (Å²) < 4.78 is 41.5. The molecule has 41 heavy (non-hydrogen) atoms. The largest absolute Gasteiger partial charge is 0.416 e. The van der Waals surface area contributed by atoms with Crippen molar-refractivity contribution in [2.75, 3.05) is 38.1 Å². The van der Waals surface area contributed by atoms with E-state index in [2.05, 4.69) is 21.3 Å². The van der Waals surface area contributed by atoms with Gasteiger partial charge in [-0.05, 0) is 74.8 Å². The van der Waals surface area contributed by atoms with E-state index >= 15 is 0 Å². The van der Waals surface area contributed by atoms with Crippen molar-refractivity contribution in [3.05, 3.63) is 71.0 Å². The zero-order chi connectivity index (χ0) is 29.4. The number of pyridine rings is 1. The van der Waals surface area contributed by atoms with Crippen LogP contribution in [0.25, 0.3) is 11.4 Å². The van der Waals surface area contributed by atoms with Gasteiger partial charge in [0.25, 0.3) is 0 Å². The van der Waals surface area contributed by atoms with Crippen molar-refractivity contribution >= 4 is 11.6 Å². The number of nitriles is 2. The predicted molar refractivity (Wildman–Crippen MR) is 147 cm³/mol. The molecule has 11 heteroatoms. The van der Waals surface area contributed by atoms with E-state index in [9.17, 15) is 28.5 Å². The highest BCUT2D eigenvalue weighted by Gasteiger charge is 2.44. The van der Waals surface area contributed by atoms with Gasteiger partial charge in [-0.1, -0.05) is 6.07 Å². The number of carbonyl (C=O) groups excluding carboxylic acids is 1. The highest BCUT2D eigenvalue weighted by atomic mass is 19.4. The van der Waals surface area contributed by atoms with Gasteiger partial charge in [0, 0.05) is 38.9 Å². The fourth-order valence-corrected chi connectivity index (χ4v) is 5.94. The second-order valence-electron chi connectivity index (χ2n) is 10.8. The number of anilines is 1. The zero-order valence-electron chi connectivity index (χ0n) is 22.9. The molecule has 0 unspecified atom stereocenters. The van der Waals surface area contributed by atoms with Crippen LogP contribution >= 0.6 is 0 Å². The minimum Gasteiger partial charge on any atom is -0.370 e. The number of aromatic nitrogens is 2. The molecule has 2 fully saturated rings. The first-order valence-corrected chi connectivity index (χ1v) is 13.4. The number of likely N-dealkylation sites (N-methyl/N-ethyl adjacent to an activating group) is 1. The number of alkyl halides is 3. The molecule has 0 bridgehead atoms. The van der Waals surface area contributed by atoms with Crippen LogP contribution in [0.3, 0.4) is 0 Å². The minimum absolute atomic E-state index is 0.0301. The number of amides is 1. The quantitative estimate of drug-likeness (QED) is 0.501. The predicted octanol–water partition coefficient (Wildman–Crippen LogP) is 4.21. The summed E-state index contributed by atoms with van der Waals surface area (Å²) in [7, 11) is 3.81. The Labute approximate surface area is 236 Å². The van der Waals surface area contributed by atoms with Crippen molar-refractivity contribution in [1.82, 2.24) is 19.8 Å². The van der Waals surface area contributed by atoms with Crippen molar-refractivity contribution in [2.45, 2.75) is 36.9 Å². The first kappa shape index (κ1) is 28.2. The molecule has 2 aromatic heterocycles. The molecule has 1 aromatic carbocycles. The Morgan fingerprint density at radius 3 is 2.37 bits per heavy atom. The van der Waals surface area contributed by atoms with Crippen LogP contribution in [0.15, 0.2) is 48.7 Å². The maximum atomic E-state index is 14.0. The molecule has 1 atom stereocenters. The van der Waals surface area contributed by atoms with Gasteiger partial charge < -0.3 is 19.7 Å². The van der Waals surface area contributed by atoms with Crippen molar-refractivity contribution in [1.29, 1.82) is 10.5 Å². The Kier molecular flexibility index (Phi) is 7.50. The van der Waals surface area contributed by atoms with Gasteiger partial charge in [-0.25, -0.2) is 0 Å². The number of rotatable bonds is 5. The van der Waals surface area contributed by atoms with E-state index in [0.29, 0.717) is 43.0 Å². The van der Waals surface area contributed by atoms with Crippen LogP contribution in [0.5, 0.6) is 0 Å². The van der Waals surface area contributed by atoms with Gasteiger partial charge >= 0.3 is 6.18 Å². The van der Waals surface area contributed by atoms with Gasteiger partial charge in [0.1, 0.15) is 17.8 Å². The van der Waals surface area contributed by atoms with Gasteiger partial charge in [0.05, 0.1) is 33.6 Å². The normalized spacial score (nSPS) is 19.0. The molecule has 0 spiro atoms. The maximum absolute atomic E-state index is 14.0. The Morgan fingerprint density at radius 1 is 1.05 bits per heavy atom. The summed E-state index contributed by atoms with van der Waals surface area (Å²) in [6.45, 7) is 2.41.